The maximum absolute atomic E-state index is 12.3. The number of carbonyl (C=O) groups is 1. The quantitative estimate of drug-likeness (QED) is 0.657. The number of likely N-dealkylation sites (tertiary alicyclic amines) is 1. The largest absolute Gasteiger partial charge is 0.354 e. The SMILES string of the molecule is Cl.Cl.NC(Cc1ccccc1)C(=O)NCC1CCN(Cc2ccccc2Cl)CC1. The Morgan fingerprint density at radius 3 is 2.34 bits per heavy atom. The lowest BCUT2D eigenvalue weighted by molar-refractivity contribution is -0.122. The van der Waals surface area contributed by atoms with Gasteiger partial charge in [-0.2, -0.15) is 0 Å². The topological polar surface area (TPSA) is 58.4 Å². The third-order valence-corrected chi connectivity index (χ3v) is 5.63. The number of amides is 1. The van der Waals surface area contributed by atoms with Crippen molar-refractivity contribution in [3.63, 3.8) is 0 Å². The zero-order chi connectivity index (χ0) is 19.1. The summed E-state index contributed by atoms with van der Waals surface area (Å²) in [5.74, 6) is 0.456. The molecule has 0 aliphatic carbocycles. The van der Waals surface area contributed by atoms with Gasteiger partial charge >= 0.3 is 0 Å². The number of halogens is 3. The third-order valence-electron chi connectivity index (χ3n) is 5.26. The number of nitrogens with one attached hydrogen (secondary N) is 1. The summed E-state index contributed by atoms with van der Waals surface area (Å²) in [4.78, 5) is 14.7. The van der Waals surface area contributed by atoms with Gasteiger partial charge in [-0.15, -0.1) is 24.8 Å². The van der Waals surface area contributed by atoms with Crippen molar-refractivity contribution in [2.75, 3.05) is 19.6 Å². The summed E-state index contributed by atoms with van der Waals surface area (Å²) >= 11 is 6.26. The Labute approximate surface area is 191 Å². The number of piperidine rings is 1. The molecule has 2 aromatic rings. The minimum absolute atomic E-state index is 0. The van der Waals surface area contributed by atoms with Gasteiger partial charge < -0.3 is 11.1 Å². The fraction of sp³-hybridized carbons (Fsp3) is 0.409. The average molecular weight is 459 g/mol. The van der Waals surface area contributed by atoms with Crippen LogP contribution >= 0.6 is 36.4 Å². The molecule has 1 saturated heterocycles. The molecule has 4 nitrogen and oxygen atoms in total. The Kier molecular flexibility index (Phi) is 11.6. The van der Waals surface area contributed by atoms with E-state index in [0.29, 0.717) is 18.9 Å². The van der Waals surface area contributed by atoms with Gasteiger partial charge in [-0.3, -0.25) is 9.69 Å². The predicted octanol–water partition coefficient (Wildman–Crippen LogP) is 4.08. The molecule has 160 valence electrons. The van der Waals surface area contributed by atoms with Crippen LogP contribution in [0.1, 0.15) is 24.0 Å². The standard InChI is InChI=1S/C22H28ClN3O.2ClH/c23-20-9-5-4-8-19(20)16-26-12-10-18(11-13-26)15-25-22(27)21(24)14-17-6-2-1-3-7-17;;/h1-9,18,21H,10-16,24H2,(H,25,27);2*1H. The van der Waals surface area contributed by atoms with Crippen molar-refractivity contribution in [3.8, 4) is 0 Å². The van der Waals surface area contributed by atoms with Crippen molar-refractivity contribution in [2.45, 2.75) is 31.8 Å². The van der Waals surface area contributed by atoms with E-state index >= 15 is 0 Å². The van der Waals surface area contributed by atoms with Crippen LogP contribution in [-0.4, -0.2) is 36.5 Å². The minimum atomic E-state index is -0.493. The third kappa shape index (κ3) is 8.15. The normalized spacial score (nSPS) is 15.7. The van der Waals surface area contributed by atoms with Crippen molar-refractivity contribution < 1.29 is 4.79 Å². The number of benzene rings is 2. The molecule has 0 radical (unpaired) electrons. The van der Waals surface area contributed by atoms with E-state index < -0.39 is 6.04 Å². The molecular formula is C22H30Cl3N3O. The van der Waals surface area contributed by atoms with Crippen LogP contribution in [0.5, 0.6) is 0 Å². The van der Waals surface area contributed by atoms with E-state index in [1.165, 1.54) is 5.56 Å². The summed E-state index contributed by atoms with van der Waals surface area (Å²) in [6.07, 6.45) is 2.74. The van der Waals surface area contributed by atoms with Crippen LogP contribution in [0.4, 0.5) is 0 Å². The van der Waals surface area contributed by atoms with Crippen LogP contribution < -0.4 is 11.1 Å². The van der Waals surface area contributed by atoms with Gasteiger partial charge in [-0.05, 0) is 55.5 Å². The summed E-state index contributed by atoms with van der Waals surface area (Å²) in [7, 11) is 0. The van der Waals surface area contributed by atoms with Crippen LogP contribution in [0.3, 0.4) is 0 Å². The molecule has 3 N–H and O–H groups in total. The molecule has 0 aromatic heterocycles. The van der Waals surface area contributed by atoms with Crippen LogP contribution in [0.25, 0.3) is 0 Å². The second-order valence-electron chi connectivity index (χ2n) is 7.35. The highest BCUT2D eigenvalue weighted by Crippen LogP contribution is 2.22. The minimum Gasteiger partial charge on any atom is -0.354 e. The van der Waals surface area contributed by atoms with E-state index in [-0.39, 0.29) is 30.7 Å². The monoisotopic (exact) mass is 457 g/mol. The first-order chi connectivity index (χ1) is 13.1. The highest BCUT2D eigenvalue weighted by atomic mass is 35.5. The molecule has 7 heteroatoms. The first-order valence-electron chi connectivity index (χ1n) is 9.65. The molecule has 1 unspecified atom stereocenters. The first-order valence-corrected chi connectivity index (χ1v) is 10.0. The van der Waals surface area contributed by atoms with Crippen molar-refractivity contribution in [3.05, 3.63) is 70.7 Å². The molecule has 3 rings (SSSR count). The molecule has 1 atom stereocenters. The number of hydrogen-bond acceptors (Lipinski definition) is 3. The zero-order valence-electron chi connectivity index (χ0n) is 16.4. The van der Waals surface area contributed by atoms with Crippen molar-refractivity contribution in [2.24, 2.45) is 11.7 Å². The Morgan fingerprint density at radius 2 is 1.69 bits per heavy atom. The van der Waals surface area contributed by atoms with Gasteiger partial charge in [0.15, 0.2) is 0 Å². The van der Waals surface area contributed by atoms with E-state index in [9.17, 15) is 4.79 Å². The second-order valence-corrected chi connectivity index (χ2v) is 7.76. The van der Waals surface area contributed by atoms with E-state index in [4.69, 9.17) is 17.3 Å². The maximum atomic E-state index is 12.3. The van der Waals surface area contributed by atoms with Crippen LogP contribution in [0.15, 0.2) is 54.6 Å². The van der Waals surface area contributed by atoms with E-state index in [1.54, 1.807) is 0 Å². The van der Waals surface area contributed by atoms with Crippen LogP contribution in [0.2, 0.25) is 5.02 Å². The number of nitrogens with zero attached hydrogens (tertiary/aromatic N) is 1. The smallest absolute Gasteiger partial charge is 0.237 e. The summed E-state index contributed by atoms with van der Waals surface area (Å²) in [5.41, 5.74) is 8.32. The number of rotatable bonds is 7. The Hall–Kier alpha value is -1.30. The fourth-order valence-electron chi connectivity index (χ4n) is 3.55. The van der Waals surface area contributed by atoms with Crippen LogP contribution in [0, 0.1) is 5.92 Å². The molecule has 1 amide bonds. The van der Waals surface area contributed by atoms with Gasteiger partial charge in [0.05, 0.1) is 6.04 Å². The summed E-state index contributed by atoms with van der Waals surface area (Å²) in [6, 6.07) is 17.4. The van der Waals surface area contributed by atoms with Gasteiger partial charge in [0.2, 0.25) is 5.91 Å². The Morgan fingerprint density at radius 1 is 1.07 bits per heavy atom. The molecule has 0 saturated carbocycles. The van der Waals surface area contributed by atoms with E-state index in [1.807, 2.05) is 48.5 Å². The molecule has 29 heavy (non-hydrogen) atoms. The average Bonchev–Trinajstić information content (AvgIpc) is 2.69. The number of nitrogens with two attached hydrogens (primary N) is 1. The summed E-state index contributed by atoms with van der Waals surface area (Å²) in [6.45, 7) is 3.66. The molecule has 1 fully saturated rings. The van der Waals surface area contributed by atoms with Gasteiger partial charge in [0, 0.05) is 18.1 Å². The Bertz CT molecular complexity index is 737. The predicted molar refractivity (Wildman–Crippen MR) is 125 cm³/mol. The van der Waals surface area contributed by atoms with Crippen molar-refractivity contribution in [1.29, 1.82) is 0 Å². The first kappa shape index (κ1) is 25.7. The second kappa shape index (κ2) is 13.1. The molecule has 0 bridgehead atoms. The van der Waals surface area contributed by atoms with Gasteiger partial charge in [-0.1, -0.05) is 60.1 Å². The number of carbonyl (C=O) groups excluding carboxylic acids is 1. The van der Waals surface area contributed by atoms with Crippen molar-refractivity contribution >= 4 is 42.3 Å². The molecular weight excluding hydrogens is 429 g/mol. The lowest BCUT2D eigenvalue weighted by atomic mass is 9.96. The fourth-order valence-corrected chi connectivity index (χ4v) is 3.75. The zero-order valence-corrected chi connectivity index (χ0v) is 18.8. The van der Waals surface area contributed by atoms with Gasteiger partial charge in [-0.25, -0.2) is 0 Å². The van der Waals surface area contributed by atoms with E-state index in [2.05, 4.69) is 16.3 Å². The van der Waals surface area contributed by atoms with Crippen molar-refractivity contribution in [1.82, 2.24) is 10.2 Å². The van der Waals surface area contributed by atoms with Gasteiger partial charge in [0.1, 0.15) is 0 Å². The highest BCUT2D eigenvalue weighted by molar-refractivity contribution is 6.31. The summed E-state index contributed by atoms with van der Waals surface area (Å²) < 4.78 is 0. The van der Waals surface area contributed by atoms with E-state index in [0.717, 1.165) is 43.1 Å². The lowest BCUT2D eigenvalue weighted by Crippen LogP contribution is -2.45. The Balaban J connectivity index is 0.00000210. The number of hydrogen-bond donors (Lipinski definition) is 2. The van der Waals surface area contributed by atoms with Crippen LogP contribution in [-0.2, 0) is 17.8 Å². The molecule has 1 heterocycles. The lowest BCUT2D eigenvalue weighted by Gasteiger charge is -2.32. The maximum Gasteiger partial charge on any atom is 0.237 e. The molecule has 0 spiro atoms. The highest BCUT2D eigenvalue weighted by Gasteiger charge is 2.21. The molecule has 1 aliphatic heterocycles. The van der Waals surface area contributed by atoms with Gasteiger partial charge in [0.25, 0.3) is 0 Å². The molecule has 1 aliphatic rings. The molecule has 2 aromatic carbocycles. The summed E-state index contributed by atoms with van der Waals surface area (Å²) in [5, 5.41) is 3.88.